The van der Waals surface area contributed by atoms with E-state index in [0.29, 0.717) is 29.3 Å². The number of benzene rings is 1. The lowest BCUT2D eigenvalue weighted by Gasteiger charge is -2.09. The number of rotatable bonds is 3. The smallest absolute Gasteiger partial charge is 0.253 e. The molecule has 2 rings (SSSR count). The molecule has 0 aliphatic heterocycles. The van der Waals surface area contributed by atoms with E-state index in [1.165, 1.54) is 12.8 Å². The van der Waals surface area contributed by atoms with Gasteiger partial charge in [0.1, 0.15) is 0 Å². The van der Waals surface area contributed by atoms with Crippen LogP contribution in [0.3, 0.4) is 0 Å². The summed E-state index contributed by atoms with van der Waals surface area (Å²) in [4.78, 5) is 11.9. The average molecular weight is 229 g/mol. The topological polar surface area (TPSA) is 78.9 Å². The van der Waals surface area contributed by atoms with Crippen LogP contribution in [0.5, 0.6) is 0 Å². The molecule has 1 amide bonds. The summed E-state index contributed by atoms with van der Waals surface area (Å²) in [5, 5.41) is 11.7. The summed E-state index contributed by atoms with van der Waals surface area (Å²) in [6, 6.07) is 5.27. The van der Waals surface area contributed by atoms with E-state index in [1.54, 1.807) is 19.1 Å². The molecular weight excluding hydrogens is 214 g/mol. The number of hydrogen-bond donors (Lipinski definition) is 2. The number of aryl methyl sites for hydroxylation is 1. The summed E-state index contributed by atoms with van der Waals surface area (Å²) in [5.41, 5.74) is 7.95. The summed E-state index contributed by atoms with van der Waals surface area (Å²) < 4.78 is 0. The molecule has 3 N–H and O–H groups in total. The first-order chi connectivity index (χ1) is 8.11. The Morgan fingerprint density at radius 2 is 2.29 bits per heavy atom. The third kappa shape index (κ3) is 2.56. The third-order valence-electron chi connectivity index (χ3n) is 3.01. The molecule has 1 fully saturated rings. The van der Waals surface area contributed by atoms with Crippen LogP contribution in [0.25, 0.3) is 0 Å². The highest BCUT2D eigenvalue weighted by atomic mass is 16.1. The first-order valence-electron chi connectivity index (χ1n) is 5.70. The Balaban J connectivity index is 2.20. The van der Waals surface area contributed by atoms with Gasteiger partial charge in [0.05, 0.1) is 17.2 Å². The summed E-state index contributed by atoms with van der Waals surface area (Å²) in [6.07, 6.45) is 2.38. The van der Waals surface area contributed by atoms with E-state index in [1.807, 2.05) is 6.07 Å². The van der Waals surface area contributed by atoms with E-state index in [9.17, 15) is 4.79 Å². The van der Waals surface area contributed by atoms with Crippen molar-refractivity contribution in [1.29, 1.82) is 5.26 Å². The minimum atomic E-state index is -0.186. The van der Waals surface area contributed by atoms with Crippen LogP contribution in [0.2, 0.25) is 0 Å². The maximum Gasteiger partial charge on any atom is 0.253 e. The van der Waals surface area contributed by atoms with Crippen LogP contribution in [0.15, 0.2) is 12.1 Å². The number of carbonyl (C=O) groups is 1. The fraction of sp³-hybridized carbons (Fsp3) is 0.385. The molecule has 0 aromatic heterocycles. The number of nitrogens with one attached hydrogen (secondary N) is 1. The number of carbonyl (C=O) groups excluding carboxylic acids is 1. The maximum atomic E-state index is 11.9. The monoisotopic (exact) mass is 229 g/mol. The lowest BCUT2D eigenvalue weighted by molar-refractivity contribution is 0.0952. The molecule has 1 aliphatic rings. The number of nitriles is 1. The molecule has 1 aliphatic carbocycles. The van der Waals surface area contributed by atoms with Crippen LogP contribution in [0.4, 0.5) is 5.69 Å². The largest absolute Gasteiger partial charge is 0.398 e. The van der Waals surface area contributed by atoms with Gasteiger partial charge >= 0.3 is 0 Å². The Morgan fingerprint density at radius 3 is 2.88 bits per heavy atom. The lowest BCUT2D eigenvalue weighted by atomic mass is 10.0. The minimum absolute atomic E-state index is 0.186. The van der Waals surface area contributed by atoms with E-state index in [-0.39, 0.29) is 5.91 Å². The predicted molar refractivity (Wildman–Crippen MR) is 65.4 cm³/mol. The van der Waals surface area contributed by atoms with Gasteiger partial charge in [-0.1, -0.05) is 0 Å². The number of nitrogen functional groups attached to an aromatic ring is 1. The molecule has 0 heterocycles. The van der Waals surface area contributed by atoms with E-state index in [2.05, 4.69) is 5.32 Å². The summed E-state index contributed by atoms with van der Waals surface area (Å²) >= 11 is 0. The number of nitrogens with two attached hydrogens (primary N) is 1. The van der Waals surface area contributed by atoms with Crippen LogP contribution in [-0.2, 0) is 0 Å². The number of nitrogens with zero attached hydrogens (tertiary/aromatic N) is 1. The average Bonchev–Trinajstić information content (AvgIpc) is 3.13. The van der Waals surface area contributed by atoms with Gasteiger partial charge in [-0.05, 0) is 43.4 Å². The number of hydrogen-bond acceptors (Lipinski definition) is 3. The summed E-state index contributed by atoms with van der Waals surface area (Å²) in [6.45, 7) is 2.50. The highest BCUT2D eigenvalue weighted by Gasteiger charge is 2.22. The molecule has 0 radical (unpaired) electrons. The van der Waals surface area contributed by atoms with Gasteiger partial charge in [0.15, 0.2) is 0 Å². The van der Waals surface area contributed by atoms with Crippen LogP contribution in [-0.4, -0.2) is 12.5 Å². The molecule has 1 aromatic carbocycles. The summed E-state index contributed by atoms with van der Waals surface area (Å²) in [5.74, 6) is 0.440. The first-order valence-corrected chi connectivity index (χ1v) is 5.70. The quantitative estimate of drug-likeness (QED) is 0.772. The highest BCUT2D eigenvalue weighted by Crippen LogP contribution is 2.28. The third-order valence-corrected chi connectivity index (χ3v) is 3.01. The van der Waals surface area contributed by atoms with Crippen LogP contribution >= 0.6 is 0 Å². The van der Waals surface area contributed by atoms with E-state index in [0.717, 1.165) is 5.56 Å². The second kappa shape index (κ2) is 4.46. The van der Waals surface area contributed by atoms with Crippen molar-refractivity contribution in [3.05, 3.63) is 28.8 Å². The summed E-state index contributed by atoms with van der Waals surface area (Å²) in [7, 11) is 0. The molecule has 4 heteroatoms. The first kappa shape index (κ1) is 11.5. The van der Waals surface area contributed by atoms with Gasteiger partial charge in [-0.2, -0.15) is 5.26 Å². The van der Waals surface area contributed by atoms with Crippen molar-refractivity contribution in [3.63, 3.8) is 0 Å². The van der Waals surface area contributed by atoms with E-state index in [4.69, 9.17) is 11.0 Å². The molecule has 0 atom stereocenters. The van der Waals surface area contributed by atoms with Gasteiger partial charge < -0.3 is 11.1 Å². The maximum absolute atomic E-state index is 11.9. The molecule has 1 saturated carbocycles. The number of anilines is 1. The van der Waals surface area contributed by atoms with Gasteiger partial charge in [-0.25, -0.2) is 0 Å². The molecule has 0 bridgehead atoms. The van der Waals surface area contributed by atoms with Crippen molar-refractivity contribution in [2.45, 2.75) is 19.8 Å². The molecule has 1 aromatic rings. The van der Waals surface area contributed by atoms with E-state index >= 15 is 0 Å². The minimum Gasteiger partial charge on any atom is -0.398 e. The SMILES string of the molecule is Cc1cc(C#N)cc(C(=O)NCC2CC2)c1N. The zero-order valence-corrected chi connectivity index (χ0v) is 9.79. The second-order valence-electron chi connectivity index (χ2n) is 4.52. The van der Waals surface area contributed by atoms with Gasteiger partial charge in [-0.15, -0.1) is 0 Å². The Morgan fingerprint density at radius 1 is 1.59 bits per heavy atom. The zero-order valence-electron chi connectivity index (χ0n) is 9.79. The van der Waals surface area contributed by atoms with Gasteiger partial charge in [-0.3, -0.25) is 4.79 Å². The Kier molecular flexibility index (Phi) is 3.01. The van der Waals surface area contributed by atoms with Crippen molar-refractivity contribution in [3.8, 4) is 6.07 Å². The second-order valence-corrected chi connectivity index (χ2v) is 4.52. The fourth-order valence-electron chi connectivity index (χ4n) is 1.70. The van der Waals surface area contributed by atoms with Crippen LogP contribution < -0.4 is 11.1 Å². The van der Waals surface area contributed by atoms with Gasteiger partial charge in [0, 0.05) is 12.2 Å². The number of amides is 1. The van der Waals surface area contributed by atoms with Crippen LogP contribution in [0, 0.1) is 24.2 Å². The van der Waals surface area contributed by atoms with Crippen molar-refractivity contribution in [2.75, 3.05) is 12.3 Å². The highest BCUT2D eigenvalue weighted by molar-refractivity contribution is 6.00. The Bertz CT molecular complexity index is 498. The molecule has 0 saturated heterocycles. The Labute approximate surface area is 100 Å². The zero-order chi connectivity index (χ0) is 12.4. The van der Waals surface area contributed by atoms with Crippen molar-refractivity contribution in [1.82, 2.24) is 5.32 Å². The van der Waals surface area contributed by atoms with Crippen molar-refractivity contribution < 1.29 is 4.79 Å². The molecule has 88 valence electrons. The standard InChI is InChI=1S/C13H15N3O/c1-8-4-10(6-14)5-11(12(8)15)13(17)16-7-9-2-3-9/h4-5,9H,2-3,7,15H2,1H3,(H,16,17). The molecule has 0 unspecified atom stereocenters. The fourth-order valence-corrected chi connectivity index (χ4v) is 1.70. The van der Waals surface area contributed by atoms with E-state index < -0.39 is 0 Å². The molecule has 0 spiro atoms. The molecule has 4 nitrogen and oxygen atoms in total. The molecule has 17 heavy (non-hydrogen) atoms. The van der Waals surface area contributed by atoms with Gasteiger partial charge in [0.25, 0.3) is 5.91 Å². The van der Waals surface area contributed by atoms with Crippen molar-refractivity contribution in [2.24, 2.45) is 5.92 Å². The van der Waals surface area contributed by atoms with Gasteiger partial charge in [0.2, 0.25) is 0 Å². The normalized spacial score (nSPS) is 14.1. The molecular formula is C13H15N3O. The van der Waals surface area contributed by atoms with Crippen molar-refractivity contribution >= 4 is 11.6 Å². The van der Waals surface area contributed by atoms with Crippen LogP contribution in [0.1, 0.15) is 34.3 Å². The Hall–Kier alpha value is -2.02. The predicted octanol–water partition coefficient (Wildman–Crippen LogP) is 1.59. The lowest BCUT2D eigenvalue weighted by Crippen LogP contribution is -2.26.